The Morgan fingerprint density at radius 2 is 0.712 bits per heavy atom. The van der Waals surface area contributed by atoms with E-state index in [0.717, 1.165) is 23.5 Å². The van der Waals surface area contributed by atoms with Crippen molar-refractivity contribution >= 4 is 47.0 Å². The number of carboxylic acids is 2. The fourth-order valence-corrected chi connectivity index (χ4v) is 15.0. The number of Topliss-reactive ketones (excluding diaryl/α,β-unsaturated/α-hetero) is 2. The number of aliphatic carboxylic acids is 2. The fourth-order valence-electron chi connectivity index (χ4n) is 12.7. The first kappa shape index (κ1) is 87.1. The maximum Gasteiger partial charge on any atom is 0.321 e. The molecule has 104 heavy (non-hydrogen) atoms. The molecule has 0 aromatic carbocycles. The van der Waals surface area contributed by atoms with E-state index < -0.39 is 295 Å². The number of aliphatic hydroxyl groups excluding tert-OH is 19. The molecule has 0 spiro atoms. The number of rotatable bonds is 27. The van der Waals surface area contributed by atoms with E-state index in [9.17, 15) is 132 Å². The number of carbonyl (C=O) groups excluding carboxylic acids is 2. The third kappa shape index (κ3) is 20.6. The minimum absolute atomic E-state index is 0.0569. The van der Waals surface area contributed by atoms with Crippen LogP contribution in [0.3, 0.4) is 0 Å². The summed E-state index contributed by atoms with van der Waals surface area (Å²) in [7, 11) is 1.32. The first-order valence-corrected chi connectivity index (χ1v) is 35.6. The molecule has 43 nitrogen and oxygen atoms in total. The predicted molar refractivity (Wildman–Crippen MR) is 333 cm³/mol. The molecule has 21 fully saturated rings. The van der Waals surface area contributed by atoms with Gasteiger partial charge in [0.05, 0.1) is 77.6 Å². The number of thioether (sulfide) groups is 2. The number of hydrogen-bond donors (Lipinski definition) is 23. The highest BCUT2D eigenvalue weighted by molar-refractivity contribution is 7.99. The average Bonchev–Trinajstić information content (AvgIpc) is 0.759. The Hall–Kier alpha value is -2.50. The third-order valence-corrected chi connectivity index (χ3v) is 21.0. The molecule has 21 saturated heterocycles. The molecule has 0 radical (unpaired) electrons. The number of ketones is 2. The summed E-state index contributed by atoms with van der Waals surface area (Å²) < 4.78 is 92.5. The molecular weight excluding hydrogens is 1460 g/mol. The van der Waals surface area contributed by atoms with Crippen molar-refractivity contribution in [2.75, 3.05) is 89.5 Å². The maximum absolute atomic E-state index is 13.0. The highest BCUT2D eigenvalue weighted by Gasteiger charge is 2.63. The SMILES string of the molecule is CN[C@H](CSCC1O[C@@H]2O[C@@H]3C(CO)O[C@H](O[C@@H]4C(CO)O[C@H](O[C@@H]5C(CO)O[C@H](O[C@@H]6C(CSC[C@@H](CC(=O)CCOCCOCCC(C)=O)C(=O)O)O[C@H](O[C@@H]7C(CO)O[C@H](O[C@@H]8C(CO)O[C@@](O)(O[C@H]1[C@H](O)C2O)C(O)[C@H]8O)C(O)[C@H]7O)C(O)[C@H]6O)C(O)[C@H]5O)C(O)[C@H]4O)C(O)[C@H]3O)C(=O)O. The summed E-state index contributed by atoms with van der Waals surface area (Å²) in [4.78, 5) is 48.7. The van der Waals surface area contributed by atoms with Crippen LogP contribution in [0.5, 0.6) is 0 Å². The van der Waals surface area contributed by atoms with Crippen LogP contribution in [0.2, 0.25) is 0 Å². The molecule has 21 rings (SSSR count). The number of carbonyl (C=O) groups is 4. The third-order valence-electron chi connectivity index (χ3n) is 18.7. The summed E-state index contributed by atoms with van der Waals surface area (Å²) in [5.74, 6) is -9.98. The summed E-state index contributed by atoms with van der Waals surface area (Å²) in [6, 6.07) is -1.24. The van der Waals surface area contributed by atoms with Crippen molar-refractivity contribution in [1.29, 1.82) is 0 Å². The number of hydrogen-bond acceptors (Lipinski definition) is 43. The zero-order chi connectivity index (χ0) is 76.3. The van der Waals surface area contributed by atoms with Gasteiger partial charge in [0, 0.05) is 42.3 Å². The zero-order valence-corrected chi connectivity index (χ0v) is 57.6. The van der Waals surface area contributed by atoms with E-state index in [1.807, 2.05) is 0 Å². The summed E-state index contributed by atoms with van der Waals surface area (Å²) in [5.41, 5.74) is 0. The lowest BCUT2D eigenvalue weighted by Crippen LogP contribution is -2.71. The van der Waals surface area contributed by atoms with Gasteiger partial charge in [-0.2, -0.15) is 23.5 Å². The Labute approximate surface area is 600 Å². The van der Waals surface area contributed by atoms with Crippen LogP contribution in [0.1, 0.15) is 26.2 Å². The zero-order valence-electron chi connectivity index (χ0n) is 55.9. The van der Waals surface area contributed by atoms with Gasteiger partial charge in [-0.15, -0.1) is 0 Å². The Morgan fingerprint density at radius 1 is 0.394 bits per heavy atom. The minimum atomic E-state index is -3.59. The quantitative estimate of drug-likeness (QED) is 0.0340. The number of aliphatic hydroxyl groups is 20. The lowest BCUT2D eigenvalue weighted by molar-refractivity contribution is -0.480. The highest BCUT2D eigenvalue weighted by Crippen LogP contribution is 2.41. The van der Waals surface area contributed by atoms with Gasteiger partial charge in [0.1, 0.15) is 170 Å². The van der Waals surface area contributed by atoms with Crippen LogP contribution in [-0.4, -0.2) is 446 Å². The Morgan fingerprint density at radius 3 is 1.05 bits per heavy atom. The van der Waals surface area contributed by atoms with Crippen molar-refractivity contribution in [3.8, 4) is 0 Å². The Kier molecular flexibility index (Phi) is 33.2. The number of likely N-dealkylation sites (N-methyl/N-ethyl adjacent to an activating group) is 1. The second kappa shape index (κ2) is 39.6. The topological polar surface area (TPSA) is 673 Å². The molecule has 0 saturated carbocycles. The molecule has 45 heteroatoms. The van der Waals surface area contributed by atoms with E-state index in [4.69, 9.17) is 75.8 Å². The lowest BCUT2D eigenvalue weighted by atomic mass is 9.94. The molecule has 21 aliphatic heterocycles. The fraction of sp³-hybridized carbons (Fsp3) is 0.932. The van der Waals surface area contributed by atoms with Gasteiger partial charge in [-0.3, -0.25) is 19.2 Å². The van der Waals surface area contributed by atoms with E-state index in [2.05, 4.69) is 5.32 Å². The van der Waals surface area contributed by atoms with Crippen LogP contribution < -0.4 is 5.32 Å². The van der Waals surface area contributed by atoms with E-state index >= 15 is 0 Å². The summed E-state index contributed by atoms with van der Waals surface area (Å²) in [6.07, 6.45) is -73.9. The number of ether oxygens (including phenoxy) is 16. The minimum Gasteiger partial charge on any atom is -0.481 e. The van der Waals surface area contributed by atoms with Gasteiger partial charge < -0.3 is 193 Å². The van der Waals surface area contributed by atoms with E-state index in [0.29, 0.717) is 0 Å². The maximum atomic E-state index is 13.0. The summed E-state index contributed by atoms with van der Waals surface area (Å²) >= 11 is 1.56. The largest absolute Gasteiger partial charge is 0.481 e. The normalized spacial score (nSPS) is 45.3. The van der Waals surface area contributed by atoms with E-state index in [1.165, 1.54) is 14.0 Å². The van der Waals surface area contributed by atoms with Crippen molar-refractivity contribution in [1.82, 2.24) is 5.32 Å². The smallest absolute Gasteiger partial charge is 0.321 e. The van der Waals surface area contributed by atoms with Crippen LogP contribution >= 0.6 is 23.5 Å². The Bertz CT molecular complexity index is 2670. The molecule has 37 atom stereocenters. The molecule has 21 aliphatic rings. The van der Waals surface area contributed by atoms with Gasteiger partial charge in [-0.05, 0) is 14.0 Å². The Balaban J connectivity index is 1.09. The van der Waals surface area contributed by atoms with E-state index in [-0.39, 0.29) is 56.6 Å². The lowest BCUT2D eigenvalue weighted by Gasteiger charge is -2.52. The van der Waals surface area contributed by atoms with Crippen LogP contribution in [0.15, 0.2) is 0 Å². The standard InChI is InChI=1S/C59H97NO42S2/c1-19(66)3-5-87-7-8-88-6-4-21(67)9-20(51(82)83)15-103-17-28-48-34(72)40(78)57(93-28)97-45-26(13-64)91-55(38(76)32(45)70)99-47-27(14-65)101-59(86,50(81)42(47)80)102-49-29(18-104-16-22(60-2)52(84)85)94-58(41(79)35(49)73)98-46-25(12-63)90-54(37(75)31(46)69)95-43-23(10-61)89-53(36(74)30(43)68)96-44-24(11-62)92-56(100-48)39(77)33(44)71/h20,22-50,53-58,60-65,68-81,86H,3-18H2,1-2H3,(H,82,83)(H,84,85)/t20-,22-,23?,24?,25?,26?,27?,28?,29?,30-,31-,32-,33-,34-,35-,36?,37?,38?,39?,40?,41?,42+,43-,44-,45-,46-,47-,48-,49-,50?,53-,54-,55-,56-,57-,58-,59-/m1/s1. The monoisotopic (exact) mass is 1560 g/mol. The molecule has 0 aliphatic carbocycles. The van der Waals surface area contributed by atoms with Crippen LogP contribution in [-0.2, 0) is 95.0 Å². The van der Waals surface area contributed by atoms with Gasteiger partial charge in [0.2, 0.25) is 0 Å². The van der Waals surface area contributed by atoms with Gasteiger partial charge in [-0.25, -0.2) is 0 Å². The van der Waals surface area contributed by atoms with Crippen molar-refractivity contribution in [3.05, 3.63) is 0 Å². The predicted octanol–water partition coefficient (Wildman–Crippen LogP) is -13.7. The highest BCUT2D eigenvalue weighted by atomic mass is 32.2. The van der Waals surface area contributed by atoms with Crippen molar-refractivity contribution in [2.24, 2.45) is 5.92 Å². The first-order valence-electron chi connectivity index (χ1n) is 33.3. The summed E-state index contributed by atoms with van der Waals surface area (Å²) in [5, 5.41) is 251. The van der Waals surface area contributed by atoms with Gasteiger partial charge in [0.15, 0.2) is 43.8 Å². The van der Waals surface area contributed by atoms with Crippen LogP contribution in [0.25, 0.3) is 0 Å². The molecular formula is C59H97NO42S2. The molecule has 23 N–H and O–H groups in total. The van der Waals surface area contributed by atoms with Crippen LogP contribution in [0, 0.1) is 5.92 Å². The molecule has 21 heterocycles. The van der Waals surface area contributed by atoms with Crippen molar-refractivity contribution in [3.63, 3.8) is 0 Å². The number of carboxylic acid groups (broad SMARTS) is 2. The second-order valence-corrected chi connectivity index (χ2v) is 28.1. The van der Waals surface area contributed by atoms with Gasteiger partial charge in [-0.1, -0.05) is 0 Å². The average molecular weight is 1560 g/mol. The number of nitrogens with one attached hydrogen (secondary N) is 1. The van der Waals surface area contributed by atoms with E-state index in [1.54, 1.807) is 0 Å². The molecule has 602 valence electrons. The molecule has 14 bridgehead atoms. The van der Waals surface area contributed by atoms with Gasteiger partial charge >= 0.3 is 17.9 Å². The molecule has 14 unspecified atom stereocenters. The van der Waals surface area contributed by atoms with Crippen molar-refractivity contribution < 1.29 is 207 Å². The summed E-state index contributed by atoms with van der Waals surface area (Å²) in [6.45, 7) is -4.22. The molecule has 0 aromatic heterocycles. The molecule has 0 amide bonds. The first-order chi connectivity index (χ1) is 49.4. The van der Waals surface area contributed by atoms with Crippen LogP contribution in [0.4, 0.5) is 0 Å². The molecule has 0 aromatic rings. The van der Waals surface area contributed by atoms with Gasteiger partial charge in [0.25, 0.3) is 0 Å². The second-order valence-electron chi connectivity index (χ2n) is 25.9. The van der Waals surface area contributed by atoms with Crippen molar-refractivity contribution in [2.45, 2.75) is 247 Å².